The predicted octanol–water partition coefficient (Wildman–Crippen LogP) is 3.99. The molecule has 2 fully saturated rings. The van der Waals surface area contributed by atoms with E-state index in [0.29, 0.717) is 34.3 Å². The molecule has 0 aliphatic carbocycles. The number of ether oxygens (including phenoxy) is 6. The number of carbonyl (C=O) groups excluding carboxylic acids is 1. The lowest BCUT2D eigenvalue weighted by Crippen LogP contribution is -2.39. The second kappa shape index (κ2) is 9.91. The van der Waals surface area contributed by atoms with Gasteiger partial charge in [-0.3, -0.25) is 4.79 Å². The van der Waals surface area contributed by atoms with Crippen LogP contribution in [-0.4, -0.2) is 57.3 Å². The van der Waals surface area contributed by atoms with Gasteiger partial charge < -0.3 is 33.5 Å². The first kappa shape index (κ1) is 24.3. The van der Waals surface area contributed by atoms with E-state index in [1.807, 2.05) is 18.2 Å². The van der Waals surface area contributed by atoms with Crippen LogP contribution in [0.1, 0.15) is 23.7 Å². The van der Waals surface area contributed by atoms with Gasteiger partial charge in [-0.25, -0.2) is 0 Å². The second-order valence-corrected chi connectivity index (χ2v) is 11.4. The fourth-order valence-electron chi connectivity index (χ4n) is 4.97. The summed E-state index contributed by atoms with van der Waals surface area (Å²) in [6.07, 6.45) is -0.0544. The summed E-state index contributed by atoms with van der Waals surface area (Å²) in [5.41, 5.74) is 1.53. The lowest BCUT2D eigenvalue weighted by atomic mass is 9.82. The van der Waals surface area contributed by atoms with Crippen molar-refractivity contribution in [2.45, 2.75) is 16.6 Å². The maximum absolute atomic E-state index is 13.1. The number of aliphatic hydroxyl groups is 1. The predicted molar refractivity (Wildman–Crippen MR) is 133 cm³/mol. The van der Waals surface area contributed by atoms with Gasteiger partial charge >= 0.3 is 5.97 Å². The van der Waals surface area contributed by atoms with Gasteiger partial charge in [0.15, 0.2) is 23.0 Å². The number of aliphatic hydroxyl groups excluding tert-OH is 1. The molecule has 0 saturated carbocycles. The smallest absolute Gasteiger partial charge is 0.312 e. The van der Waals surface area contributed by atoms with E-state index in [1.54, 1.807) is 35.7 Å². The molecule has 3 atom stereocenters. The van der Waals surface area contributed by atoms with Gasteiger partial charge in [0.2, 0.25) is 12.5 Å². The minimum atomic E-state index is -1.13. The number of methoxy groups -OCH3 is 3. The monoisotopic (exact) mass is 520 g/mol. The van der Waals surface area contributed by atoms with Crippen molar-refractivity contribution in [1.29, 1.82) is 0 Å². The largest absolute Gasteiger partial charge is 0.493 e. The third kappa shape index (κ3) is 4.15. The third-order valence-electron chi connectivity index (χ3n) is 6.66. The summed E-state index contributed by atoms with van der Waals surface area (Å²) >= 11 is 3.60. The van der Waals surface area contributed by atoms with Gasteiger partial charge in [-0.2, -0.15) is 0 Å². The molecule has 3 aliphatic rings. The zero-order valence-electron chi connectivity index (χ0n) is 19.8. The molecule has 2 aromatic rings. The van der Waals surface area contributed by atoms with E-state index >= 15 is 0 Å². The molecule has 0 unspecified atom stereocenters. The van der Waals surface area contributed by atoms with Crippen LogP contribution < -0.4 is 23.7 Å². The third-order valence-corrected chi connectivity index (χ3v) is 10.3. The number of esters is 1. The second-order valence-electron chi connectivity index (χ2n) is 8.45. The fourth-order valence-corrected chi connectivity index (χ4v) is 8.61. The molecule has 0 spiro atoms. The summed E-state index contributed by atoms with van der Waals surface area (Å²) in [6.45, 7) is 0.416. The van der Waals surface area contributed by atoms with Crippen LogP contribution in [0.4, 0.5) is 0 Å². The topological polar surface area (TPSA) is 92.7 Å². The Bertz CT molecular complexity index is 1080. The van der Waals surface area contributed by atoms with Crippen LogP contribution in [0.25, 0.3) is 0 Å². The average Bonchev–Trinajstić information content (AvgIpc) is 3.53. The van der Waals surface area contributed by atoms with E-state index in [9.17, 15) is 9.90 Å². The number of rotatable bonds is 7. The standard InChI is InChI=1S/C25H28O8S2/c1-28-19-9-14(10-20(29-2)23(19)30-3)22(26)21-16(12-31-24(21)27)25(34-7-4-8-35-25)15-5-6-17-18(11-15)33-13-32-17/h5-6,9-11,16,21-22,26H,4,7-8,12-13H2,1-3H3/t16-,21-,22+/m1/s1. The average molecular weight is 521 g/mol. The normalized spacial score (nSPS) is 23.5. The molecule has 1 N–H and O–H groups in total. The van der Waals surface area contributed by atoms with Crippen LogP contribution in [0.5, 0.6) is 28.7 Å². The molecule has 0 amide bonds. The Balaban J connectivity index is 1.56. The number of cyclic esters (lactones) is 1. The Kier molecular flexibility index (Phi) is 6.87. The molecule has 10 heteroatoms. The van der Waals surface area contributed by atoms with Gasteiger partial charge in [0, 0.05) is 5.92 Å². The summed E-state index contributed by atoms with van der Waals surface area (Å²) in [7, 11) is 4.56. The van der Waals surface area contributed by atoms with Crippen molar-refractivity contribution in [2.75, 3.05) is 46.2 Å². The van der Waals surface area contributed by atoms with E-state index in [-0.39, 0.29) is 19.3 Å². The van der Waals surface area contributed by atoms with Crippen molar-refractivity contribution in [1.82, 2.24) is 0 Å². The number of benzene rings is 2. The molecule has 2 saturated heterocycles. The Hall–Kier alpha value is -2.43. The van der Waals surface area contributed by atoms with Crippen molar-refractivity contribution >= 4 is 29.5 Å². The summed E-state index contributed by atoms with van der Waals surface area (Å²) in [5.74, 6) is 3.07. The minimum absolute atomic E-state index is 0.194. The van der Waals surface area contributed by atoms with Gasteiger partial charge in [-0.05, 0) is 53.3 Å². The molecular weight excluding hydrogens is 492 g/mol. The van der Waals surface area contributed by atoms with E-state index in [0.717, 1.165) is 23.5 Å². The van der Waals surface area contributed by atoms with Crippen molar-refractivity contribution in [3.63, 3.8) is 0 Å². The van der Waals surface area contributed by atoms with Crippen molar-refractivity contribution < 1.29 is 38.3 Å². The van der Waals surface area contributed by atoms with Crippen LogP contribution in [0.2, 0.25) is 0 Å². The molecule has 0 aromatic heterocycles. The fraction of sp³-hybridized carbons (Fsp3) is 0.480. The van der Waals surface area contributed by atoms with Crippen LogP contribution in [-0.2, 0) is 13.6 Å². The maximum atomic E-state index is 13.1. The van der Waals surface area contributed by atoms with Crippen LogP contribution >= 0.6 is 23.5 Å². The first-order chi connectivity index (χ1) is 17.0. The zero-order chi connectivity index (χ0) is 24.6. The van der Waals surface area contributed by atoms with Gasteiger partial charge in [0.25, 0.3) is 0 Å². The number of hydrogen-bond donors (Lipinski definition) is 1. The van der Waals surface area contributed by atoms with E-state index in [2.05, 4.69) is 0 Å². The number of fused-ring (bicyclic) bond motifs is 1. The molecule has 3 aliphatic heterocycles. The summed E-state index contributed by atoms with van der Waals surface area (Å²) in [6, 6.07) is 9.31. The van der Waals surface area contributed by atoms with Gasteiger partial charge in [0.05, 0.1) is 44.0 Å². The van der Waals surface area contributed by atoms with Crippen molar-refractivity contribution in [2.24, 2.45) is 11.8 Å². The van der Waals surface area contributed by atoms with Gasteiger partial charge in [-0.15, -0.1) is 23.5 Å². The highest BCUT2D eigenvalue weighted by molar-refractivity contribution is 8.18. The molecular formula is C25H28O8S2. The lowest BCUT2D eigenvalue weighted by molar-refractivity contribution is -0.144. The summed E-state index contributed by atoms with van der Waals surface area (Å²) in [5, 5.41) is 11.6. The highest BCUT2D eigenvalue weighted by atomic mass is 32.2. The Morgan fingerprint density at radius 3 is 2.31 bits per heavy atom. The highest BCUT2D eigenvalue weighted by Crippen LogP contribution is 2.61. The van der Waals surface area contributed by atoms with E-state index in [4.69, 9.17) is 28.4 Å². The van der Waals surface area contributed by atoms with Crippen LogP contribution in [0.3, 0.4) is 0 Å². The van der Waals surface area contributed by atoms with Crippen molar-refractivity contribution in [3.05, 3.63) is 41.5 Å². The summed E-state index contributed by atoms with van der Waals surface area (Å²) in [4.78, 5) is 13.1. The zero-order valence-corrected chi connectivity index (χ0v) is 21.4. The maximum Gasteiger partial charge on any atom is 0.312 e. The number of thioether (sulfide) groups is 2. The molecule has 8 nitrogen and oxygen atoms in total. The quantitative estimate of drug-likeness (QED) is 0.540. The molecule has 5 rings (SSSR count). The Labute approximate surface area is 212 Å². The van der Waals surface area contributed by atoms with E-state index < -0.39 is 22.1 Å². The van der Waals surface area contributed by atoms with Gasteiger partial charge in [-0.1, -0.05) is 6.07 Å². The minimum Gasteiger partial charge on any atom is -0.493 e. The van der Waals surface area contributed by atoms with Crippen LogP contribution in [0.15, 0.2) is 30.3 Å². The van der Waals surface area contributed by atoms with Crippen molar-refractivity contribution in [3.8, 4) is 28.7 Å². The molecule has 0 radical (unpaired) electrons. The highest BCUT2D eigenvalue weighted by Gasteiger charge is 2.55. The molecule has 188 valence electrons. The first-order valence-electron chi connectivity index (χ1n) is 11.3. The molecule has 2 aromatic carbocycles. The first-order valence-corrected chi connectivity index (χ1v) is 13.3. The molecule has 0 bridgehead atoms. The SMILES string of the molecule is COc1cc([C@H](O)[C@@H]2C(=O)OC[C@H]2C2(c3ccc4c(c3)OCO4)SCCCS2)cc(OC)c1OC. The number of hydrogen-bond acceptors (Lipinski definition) is 10. The lowest BCUT2D eigenvalue weighted by Gasteiger charge is -2.43. The number of carbonyl (C=O) groups is 1. The van der Waals surface area contributed by atoms with E-state index in [1.165, 1.54) is 21.3 Å². The Morgan fingerprint density at radius 2 is 1.66 bits per heavy atom. The van der Waals surface area contributed by atoms with Crippen LogP contribution in [0, 0.1) is 11.8 Å². The molecule has 35 heavy (non-hydrogen) atoms. The van der Waals surface area contributed by atoms with Gasteiger partial charge in [0.1, 0.15) is 0 Å². The molecule has 3 heterocycles. The Morgan fingerprint density at radius 1 is 0.971 bits per heavy atom. The summed E-state index contributed by atoms with van der Waals surface area (Å²) < 4.78 is 32.6.